The minimum absolute atomic E-state index is 0.0184. The lowest BCUT2D eigenvalue weighted by Gasteiger charge is -2.13. The van der Waals surface area contributed by atoms with Gasteiger partial charge in [-0.05, 0) is 37.4 Å². The van der Waals surface area contributed by atoms with Crippen LogP contribution < -0.4 is 5.32 Å². The van der Waals surface area contributed by atoms with Gasteiger partial charge >= 0.3 is 5.97 Å². The number of nitrogens with zero attached hydrogens (tertiary/aromatic N) is 1. The number of thioether (sulfide) groups is 1. The van der Waals surface area contributed by atoms with E-state index >= 15 is 0 Å². The first-order valence-electron chi connectivity index (χ1n) is 8.18. The highest BCUT2D eigenvalue weighted by Gasteiger charge is 2.19. The van der Waals surface area contributed by atoms with Crippen LogP contribution >= 0.6 is 23.4 Å². The number of halogens is 1. The van der Waals surface area contributed by atoms with Crippen LogP contribution in [0, 0.1) is 0 Å². The summed E-state index contributed by atoms with van der Waals surface area (Å²) >= 11 is 7.31. The minimum Gasteiger partial charge on any atom is -0.453 e. The third kappa shape index (κ3) is 6.69. The molecule has 1 atom stereocenters. The number of anilines is 1. The maximum absolute atomic E-state index is 12.1. The van der Waals surface area contributed by atoms with Gasteiger partial charge in [0, 0.05) is 23.1 Å². The quantitative estimate of drug-likeness (QED) is 0.405. The maximum Gasteiger partial charge on any atom is 0.307 e. The standard InChI is InChI=1S/C19H19ClN2O4S/c1-12(19(25)22-17-9-5-14(20)11-21-17)26-18(24)10-8-16(23)13-3-6-15(27-2)7-4-13/h3-7,9,11-12H,8,10H2,1-2H3,(H,21,22,25)/t12-/m0/s1. The Bertz CT molecular complexity index is 809. The van der Waals surface area contributed by atoms with E-state index < -0.39 is 18.0 Å². The van der Waals surface area contributed by atoms with Crippen molar-refractivity contribution in [2.75, 3.05) is 11.6 Å². The van der Waals surface area contributed by atoms with Gasteiger partial charge in [-0.3, -0.25) is 14.4 Å². The third-order valence-corrected chi connectivity index (χ3v) is 4.59. The lowest BCUT2D eigenvalue weighted by atomic mass is 10.1. The number of Topliss-reactive ketones (excluding diaryl/α,β-unsaturated/α-hetero) is 1. The number of pyridine rings is 1. The zero-order chi connectivity index (χ0) is 19.8. The predicted molar refractivity (Wildman–Crippen MR) is 105 cm³/mol. The Labute approximate surface area is 166 Å². The lowest BCUT2D eigenvalue weighted by molar-refractivity contribution is -0.153. The summed E-state index contributed by atoms with van der Waals surface area (Å²) in [6, 6.07) is 10.3. The summed E-state index contributed by atoms with van der Waals surface area (Å²) in [7, 11) is 0. The number of nitrogens with one attached hydrogen (secondary N) is 1. The Kier molecular flexibility index (Phi) is 7.82. The van der Waals surface area contributed by atoms with Crippen molar-refractivity contribution in [3.05, 3.63) is 53.2 Å². The fraction of sp³-hybridized carbons (Fsp3) is 0.263. The first kappa shape index (κ1) is 20.9. The van der Waals surface area contributed by atoms with Gasteiger partial charge in [-0.2, -0.15) is 0 Å². The van der Waals surface area contributed by atoms with E-state index in [4.69, 9.17) is 16.3 Å². The van der Waals surface area contributed by atoms with Crippen molar-refractivity contribution >= 4 is 46.8 Å². The average Bonchev–Trinajstić information content (AvgIpc) is 2.67. The molecule has 0 aliphatic heterocycles. The van der Waals surface area contributed by atoms with Crippen molar-refractivity contribution in [2.45, 2.75) is 30.8 Å². The van der Waals surface area contributed by atoms with E-state index in [1.165, 1.54) is 19.2 Å². The molecule has 1 aromatic heterocycles. The SMILES string of the molecule is CSc1ccc(C(=O)CCC(=O)O[C@@H](C)C(=O)Nc2ccc(Cl)cn2)cc1. The number of amides is 1. The van der Waals surface area contributed by atoms with E-state index in [1.54, 1.807) is 30.0 Å². The first-order valence-corrected chi connectivity index (χ1v) is 9.78. The molecule has 0 spiro atoms. The molecule has 2 aromatic rings. The summed E-state index contributed by atoms with van der Waals surface area (Å²) in [5.74, 6) is -0.980. The molecule has 1 amide bonds. The van der Waals surface area contributed by atoms with E-state index in [-0.39, 0.29) is 18.6 Å². The molecular weight excluding hydrogens is 388 g/mol. The molecule has 0 saturated carbocycles. The number of carbonyl (C=O) groups excluding carboxylic acids is 3. The van der Waals surface area contributed by atoms with Crippen LogP contribution in [-0.4, -0.2) is 35.0 Å². The Morgan fingerprint density at radius 2 is 1.85 bits per heavy atom. The molecule has 0 aliphatic rings. The summed E-state index contributed by atoms with van der Waals surface area (Å²) in [5.41, 5.74) is 0.542. The van der Waals surface area contributed by atoms with Crippen LogP contribution in [0.5, 0.6) is 0 Å². The summed E-state index contributed by atoms with van der Waals surface area (Å²) < 4.78 is 5.07. The molecule has 27 heavy (non-hydrogen) atoms. The fourth-order valence-electron chi connectivity index (χ4n) is 2.12. The molecule has 142 valence electrons. The second-order valence-corrected chi connectivity index (χ2v) is 6.95. The molecule has 1 aromatic carbocycles. The highest BCUT2D eigenvalue weighted by molar-refractivity contribution is 7.98. The van der Waals surface area contributed by atoms with Gasteiger partial charge in [-0.25, -0.2) is 4.98 Å². The molecule has 2 rings (SSSR count). The van der Waals surface area contributed by atoms with Crippen LogP contribution in [0.2, 0.25) is 5.02 Å². The smallest absolute Gasteiger partial charge is 0.307 e. The van der Waals surface area contributed by atoms with Crippen molar-refractivity contribution in [1.29, 1.82) is 0 Å². The predicted octanol–water partition coefficient (Wildman–Crippen LogP) is 3.99. The van der Waals surface area contributed by atoms with Crippen LogP contribution in [0.3, 0.4) is 0 Å². The van der Waals surface area contributed by atoms with Gasteiger partial charge in [-0.15, -0.1) is 11.8 Å². The molecule has 0 bridgehead atoms. The zero-order valence-corrected chi connectivity index (χ0v) is 16.5. The fourth-order valence-corrected chi connectivity index (χ4v) is 2.64. The van der Waals surface area contributed by atoms with Crippen molar-refractivity contribution in [3.8, 4) is 0 Å². The number of rotatable bonds is 8. The number of hydrogen-bond acceptors (Lipinski definition) is 6. The van der Waals surface area contributed by atoms with Crippen molar-refractivity contribution in [3.63, 3.8) is 0 Å². The molecule has 0 aliphatic carbocycles. The van der Waals surface area contributed by atoms with Gasteiger partial charge in [0.05, 0.1) is 11.4 Å². The van der Waals surface area contributed by atoms with Crippen molar-refractivity contribution < 1.29 is 19.1 Å². The van der Waals surface area contributed by atoms with Gasteiger partial charge in [-0.1, -0.05) is 23.7 Å². The largest absolute Gasteiger partial charge is 0.453 e. The summed E-state index contributed by atoms with van der Waals surface area (Å²) in [5, 5.41) is 2.97. The maximum atomic E-state index is 12.1. The zero-order valence-electron chi connectivity index (χ0n) is 14.9. The lowest BCUT2D eigenvalue weighted by Crippen LogP contribution is -2.30. The van der Waals surface area contributed by atoms with E-state index in [1.807, 2.05) is 18.4 Å². The number of ether oxygens (including phenoxy) is 1. The number of aromatic nitrogens is 1. The van der Waals surface area contributed by atoms with E-state index in [0.717, 1.165) is 4.90 Å². The van der Waals surface area contributed by atoms with E-state index in [9.17, 15) is 14.4 Å². The highest BCUT2D eigenvalue weighted by atomic mass is 35.5. The monoisotopic (exact) mass is 406 g/mol. The molecule has 0 radical (unpaired) electrons. The van der Waals surface area contributed by atoms with Crippen LogP contribution in [0.4, 0.5) is 5.82 Å². The molecule has 1 N–H and O–H groups in total. The Morgan fingerprint density at radius 1 is 1.15 bits per heavy atom. The molecule has 1 heterocycles. The Morgan fingerprint density at radius 3 is 2.44 bits per heavy atom. The van der Waals surface area contributed by atoms with Crippen LogP contribution in [0.25, 0.3) is 0 Å². The van der Waals surface area contributed by atoms with Gasteiger partial charge in [0.25, 0.3) is 5.91 Å². The van der Waals surface area contributed by atoms with E-state index in [0.29, 0.717) is 16.4 Å². The van der Waals surface area contributed by atoms with Crippen molar-refractivity contribution in [1.82, 2.24) is 4.98 Å². The van der Waals surface area contributed by atoms with E-state index in [2.05, 4.69) is 10.3 Å². The Hall–Kier alpha value is -2.38. The normalized spacial score (nSPS) is 11.5. The topological polar surface area (TPSA) is 85.4 Å². The van der Waals surface area contributed by atoms with Crippen molar-refractivity contribution in [2.24, 2.45) is 0 Å². The summed E-state index contributed by atoms with van der Waals surface area (Å²) in [6.45, 7) is 1.45. The molecule has 0 unspecified atom stereocenters. The number of ketones is 1. The molecule has 0 saturated heterocycles. The minimum atomic E-state index is -1.01. The number of benzene rings is 1. The Balaban J connectivity index is 1.78. The molecular formula is C19H19ClN2O4S. The summed E-state index contributed by atoms with van der Waals surface area (Å²) in [4.78, 5) is 41.0. The number of carbonyl (C=O) groups is 3. The van der Waals surface area contributed by atoms with Gasteiger partial charge in [0.1, 0.15) is 5.82 Å². The molecule has 6 nitrogen and oxygen atoms in total. The number of hydrogen-bond donors (Lipinski definition) is 1. The van der Waals surface area contributed by atoms with Crippen LogP contribution in [0.1, 0.15) is 30.1 Å². The van der Waals surface area contributed by atoms with Gasteiger partial charge in [0.15, 0.2) is 11.9 Å². The van der Waals surface area contributed by atoms with Crippen LogP contribution in [-0.2, 0) is 14.3 Å². The first-order chi connectivity index (χ1) is 12.9. The van der Waals surface area contributed by atoms with Gasteiger partial charge in [0.2, 0.25) is 0 Å². The van der Waals surface area contributed by atoms with Gasteiger partial charge < -0.3 is 10.1 Å². The molecule has 8 heteroatoms. The number of esters is 1. The third-order valence-electron chi connectivity index (χ3n) is 3.62. The van der Waals surface area contributed by atoms with Crippen LogP contribution in [0.15, 0.2) is 47.5 Å². The highest BCUT2D eigenvalue weighted by Crippen LogP contribution is 2.16. The molecule has 0 fully saturated rings. The second kappa shape index (κ2) is 10.1. The average molecular weight is 407 g/mol. The second-order valence-electron chi connectivity index (χ2n) is 5.63. The summed E-state index contributed by atoms with van der Waals surface area (Å²) in [6.07, 6.45) is 2.26.